The third-order valence-electron chi connectivity index (χ3n) is 5.84. The Bertz CT molecular complexity index is 1310. The van der Waals surface area contributed by atoms with Crippen LogP contribution in [0.25, 0.3) is 17.1 Å². The predicted octanol–water partition coefficient (Wildman–Crippen LogP) is 5.41. The zero-order chi connectivity index (χ0) is 22.9. The van der Waals surface area contributed by atoms with E-state index in [4.69, 9.17) is 20.9 Å². The van der Waals surface area contributed by atoms with Crippen molar-refractivity contribution in [3.63, 3.8) is 0 Å². The van der Waals surface area contributed by atoms with Crippen molar-refractivity contribution in [1.29, 1.82) is 0 Å². The second-order valence-electron chi connectivity index (χ2n) is 8.00. The molecular weight excluding hydrogens is 442 g/mol. The number of nitrogens with zero attached hydrogens (tertiary/aromatic N) is 4. The van der Waals surface area contributed by atoms with E-state index in [2.05, 4.69) is 20.6 Å². The van der Waals surface area contributed by atoms with Crippen molar-refractivity contribution in [3.05, 3.63) is 70.8 Å². The van der Waals surface area contributed by atoms with E-state index < -0.39 is 0 Å². The minimum absolute atomic E-state index is 0.300. The summed E-state index contributed by atoms with van der Waals surface area (Å²) < 4.78 is 12.4. The summed E-state index contributed by atoms with van der Waals surface area (Å²) in [6, 6.07) is 12.7. The number of methoxy groups -OCH3 is 1. The lowest BCUT2D eigenvalue weighted by atomic mass is 9.85. The van der Waals surface area contributed by atoms with E-state index >= 15 is 0 Å². The average Bonchev–Trinajstić information content (AvgIpc) is 3.40. The van der Waals surface area contributed by atoms with Gasteiger partial charge in [-0.25, -0.2) is 4.68 Å². The van der Waals surface area contributed by atoms with Gasteiger partial charge in [0.15, 0.2) is 0 Å². The first-order chi connectivity index (χ1) is 16.0. The van der Waals surface area contributed by atoms with Crippen molar-refractivity contribution < 1.29 is 14.1 Å². The van der Waals surface area contributed by atoms with Gasteiger partial charge < -0.3 is 14.6 Å². The van der Waals surface area contributed by atoms with Gasteiger partial charge in [0.25, 0.3) is 5.91 Å². The summed E-state index contributed by atoms with van der Waals surface area (Å²) in [6.45, 7) is 1.79. The van der Waals surface area contributed by atoms with Gasteiger partial charge in [0, 0.05) is 22.7 Å². The van der Waals surface area contributed by atoms with Crippen LogP contribution in [0.15, 0.2) is 53.2 Å². The summed E-state index contributed by atoms with van der Waals surface area (Å²) in [5, 5.41) is 12.0. The van der Waals surface area contributed by atoms with Crippen molar-refractivity contribution in [3.8, 4) is 22.8 Å². The van der Waals surface area contributed by atoms with E-state index in [-0.39, 0.29) is 5.91 Å². The third kappa shape index (κ3) is 4.21. The van der Waals surface area contributed by atoms with E-state index in [9.17, 15) is 4.79 Å². The molecule has 168 valence electrons. The number of aromatic nitrogens is 4. The van der Waals surface area contributed by atoms with Crippen LogP contribution >= 0.6 is 11.6 Å². The van der Waals surface area contributed by atoms with E-state index in [1.54, 1.807) is 36.0 Å². The highest BCUT2D eigenvalue weighted by molar-refractivity contribution is 6.31. The fraction of sp³-hybridized carbons (Fsp3) is 0.250. The number of hydrogen-bond donors (Lipinski definition) is 1. The molecule has 0 bridgehead atoms. The Labute approximate surface area is 195 Å². The Hall–Kier alpha value is -3.65. The number of halogens is 1. The molecule has 5 rings (SSSR count). The van der Waals surface area contributed by atoms with Crippen molar-refractivity contribution in [2.24, 2.45) is 0 Å². The number of carbonyl (C=O) groups is 1. The Balaban J connectivity index is 1.34. The largest absolute Gasteiger partial charge is 0.495 e. The summed E-state index contributed by atoms with van der Waals surface area (Å²) in [7, 11) is 1.54. The van der Waals surface area contributed by atoms with E-state index in [1.807, 2.05) is 24.3 Å². The number of benzene rings is 2. The minimum Gasteiger partial charge on any atom is -0.495 e. The van der Waals surface area contributed by atoms with Crippen LogP contribution in [0.2, 0.25) is 5.02 Å². The first kappa shape index (κ1) is 21.2. The van der Waals surface area contributed by atoms with Gasteiger partial charge in [-0.1, -0.05) is 23.2 Å². The second kappa shape index (κ2) is 8.71. The molecule has 1 aliphatic rings. The van der Waals surface area contributed by atoms with Crippen LogP contribution in [0.3, 0.4) is 0 Å². The standard InChI is InChI=1S/C24H22ClN5O3/c1-14-19(23(31)26-20-12-17(25)8-11-21(20)32-2)13-30(28-14)18-9-6-15(7-10-18)22-27-24(33-29-22)16-4-3-5-16/h6-13,16H,3-5H2,1-2H3,(H,26,31). The van der Waals surface area contributed by atoms with Crippen LogP contribution in [0.1, 0.15) is 47.1 Å². The van der Waals surface area contributed by atoms with E-state index in [0.717, 1.165) is 30.0 Å². The van der Waals surface area contributed by atoms with E-state index in [1.165, 1.54) is 13.5 Å². The molecule has 8 nitrogen and oxygen atoms in total. The molecule has 0 saturated heterocycles. The van der Waals surface area contributed by atoms with E-state index in [0.29, 0.717) is 39.5 Å². The smallest absolute Gasteiger partial charge is 0.259 e. The fourth-order valence-corrected chi connectivity index (χ4v) is 3.89. The number of nitrogens with one attached hydrogen (secondary N) is 1. The summed E-state index contributed by atoms with van der Waals surface area (Å²) in [5.74, 6) is 1.92. The first-order valence-corrected chi connectivity index (χ1v) is 11.0. The molecule has 2 heterocycles. The average molecular weight is 464 g/mol. The number of amides is 1. The number of ether oxygens (including phenoxy) is 1. The molecule has 2 aromatic carbocycles. The Kier molecular flexibility index (Phi) is 5.60. The Morgan fingerprint density at radius 2 is 2.00 bits per heavy atom. The lowest BCUT2D eigenvalue weighted by Gasteiger charge is -2.20. The van der Waals surface area contributed by atoms with Gasteiger partial charge >= 0.3 is 0 Å². The lowest BCUT2D eigenvalue weighted by Crippen LogP contribution is -2.13. The molecule has 0 unspecified atom stereocenters. The van der Waals surface area contributed by atoms with Gasteiger partial charge in [0.1, 0.15) is 5.75 Å². The number of hydrogen-bond acceptors (Lipinski definition) is 6. The second-order valence-corrected chi connectivity index (χ2v) is 8.44. The number of aryl methyl sites for hydroxylation is 1. The minimum atomic E-state index is -0.300. The first-order valence-electron chi connectivity index (χ1n) is 10.7. The van der Waals surface area contributed by atoms with Crippen LogP contribution in [-0.2, 0) is 0 Å². The van der Waals surface area contributed by atoms with Crippen LogP contribution in [0.5, 0.6) is 5.75 Å². The molecule has 1 aliphatic carbocycles. The predicted molar refractivity (Wildman–Crippen MR) is 124 cm³/mol. The number of anilines is 1. The van der Waals surface area contributed by atoms with Crippen molar-refractivity contribution in [2.75, 3.05) is 12.4 Å². The molecule has 2 aromatic heterocycles. The third-order valence-corrected chi connectivity index (χ3v) is 6.07. The highest BCUT2D eigenvalue weighted by Crippen LogP contribution is 2.36. The van der Waals surface area contributed by atoms with Gasteiger partial charge in [0.2, 0.25) is 11.7 Å². The maximum absolute atomic E-state index is 12.9. The molecule has 1 fully saturated rings. The van der Waals surface area contributed by atoms with Crippen molar-refractivity contribution in [1.82, 2.24) is 19.9 Å². The number of rotatable bonds is 6. The van der Waals surface area contributed by atoms with Gasteiger partial charge in [-0.3, -0.25) is 4.79 Å². The molecule has 0 spiro atoms. The highest BCUT2D eigenvalue weighted by atomic mass is 35.5. The fourth-order valence-electron chi connectivity index (χ4n) is 3.72. The monoisotopic (exact) mass is 463 g/mol. The zero-order valence-electron chi connectivity index (χ0n) is 18.2. The topological polar surface area (TPSA) is 95.1 Å². The molecule has 0 radical (unpaired) electrons. The number of carbonyl (C=O) groups excluding carboxylic acids is 1. The normalized spacial score (nSPS) is 13.5. The van der Waals surface area contributed by atoms with Crippen LogP contribution in [-0.4, -0.2) is 32.9 Å². The van der Waals surface area contributed by atoms with Crippen LogP contribution < -0.4 is 10.1 Å². The molecule has 0 aliphatic heterocycles. The lowest BCUT2D eigenvalue weighted by molar-refractivity contribution is 0.102. The van der Waals surface area contributed by atoms with Gasteiger partial charge in [-0.05, 0) is 62.2 Å². The highest BCUT2D eigenvalue weighted by Gasteiger charge is 2.25. The quantitative estimate of drug-likeness (QED) is 0.410. The molecule has 4 aromatic rings. The van der Waals surface area contributed by atoms with Crippen molar-refractivity contribution in [2.45, 2.75) is 32.1 Å². The van der Waals surface area contributed by atoms with Gasteiger partial charge in [0.05, 0.1) is 29.7 Å². The summed E-state index contributed by atoms with van der Waals surface area (Å²) >= 11 is 6.06. The molecule has 1 amide bonds. The Morgan fingerprint density at radius 3 is 2.70 bits per heavy atom. The maximum atomic E-state index is 12.9. The zero-order valence-corrected chi connectivity index (χ0v) is 19.0. The van der Waals surface area contributed by atoms with Crippen molar-refractivity contribution >= 4 is 23.2 Å². The van der Waals surface area contributed by atoms with Gasteiger partial charge in [-0.2, -0.15) is 10.1 Å². The SMILES string of the molecule is COc1ccc(Cl)cc1NC(=O)c1cn(-c2ccc(-c3noc(C4CCC4)n3)cc2)nc1C. The summed E-state index contributed by atoms with van der Waals surface area (Å²) in [4.78, 5) is 17.4. The maximum Gasteiger partial charge on any atom is 0.259 e. The Morgan fingerprint density at radius 1 is 1.21 bits per heavy atom. The molecule has 1 saturated carbocycles. The summed E-state index contributed by atoms with van der Waals surface area (Å²) in [6.07, 6.45) is 5.13. The molecule has 9 heteroatoms. The molecule has 33 heavy (non-hydrogen) atoms. The molecule has 0 atom stereocenters. The molecule has 1 N–H and O–H groups in total. The summed E-state index contributed by atoms with van der Waals surface area (Å²) in [5.41, 5.74) is 3.21. The molecular formula is C24H22ClN5O3. The van der Waals surface area contributed by atoms with Crippen LogP contribution in [0.4, 0.5) is 5.69 Å². The van der Waals surface area contributed by atoms with Gasteiger partial charge in [-0.15, -0.1) is 0 Å². The van der Waals surface area contributed by atoms with Crippen LogP contribution in [0, 0.1) is 6.92 Å².